The maximum Gasteiger partial charge on any atom is 0.169 e. The summed E-state index contributed by atoms with van der Waals surface area (Å²) in [5.41, 5.74) is 0. The Balaban J connectivity index is 2.69. The molecule has 0 fully saturated rings. The van der Waals surface area contributed by atoms with Gasteiger partial charge in [0.1, 0.15) is 18.3 Å². The van der Waals surface area contributed by atoms with Gasteiger partial charge in [0.25, 0.3) is 0 Å². The van der Waals surface area contributed by atoms with E-state index in [0.29, 0.717) is 0 Å². The van der Waals surface area contributed by atoms with E-state index >= 15 is 0 Å². The first-order valence-electron chi connectivity index (χ1n) is 6.02. The quantitative estimate of drug-likeness (QED) is 0.723. The molecule has 0 aromatic carbocycles. The second kappa shape index (κ2) is 6.49. The molecule has 1 unspecified atom stereocenters. The van der Waals surface area contributed by atoms with Crippen molar-refractivity contribution in [2.45, 2.75) is 46.3 Å². The van der Waals surface area contributed by atoms with Crippen LogP contribution in [0.4, 0.5) is 0 Å². The van der Waals surface area contributed by atoms with Crippen LogP contribution in [0.25, 0.3) is 0 Å². The van der Waals surface area contributed by atoms with E-state index in [4.69, 9.17) is 4.74 Å². The molecule has 0 radical (unpaired) electrons. The standard InChI is InChI=1S/C12H21N3O2/c1-5-6-15-11(13-8-14-15)7-10(16)12(17-4)9(2)3/h8-9,12H,5-7H2,1-4H3. The van der Waals surface area contributed by atoms with Crippen molar-refractivity contribution in [1.29, 1.82) is 0 Å². The molecule has 17 heavy (non-hydrogen) atoms. The number of ketones is 1. The minimum atomic E-state index is -0.359. The normalized spacial score (nSPS) is 13.0. The highest BCUT2D eigenvalue weighted by atomic mass is 16.5. The Bertz CT molecular complexity index is 360. The highest BCUT2D eigenvalue weighted by molar-refractivity contribution is 5.84. The summed E-state index contributed by atoms with van der Waals surface area (Å²) in [4.78, 5) is 16.2. The van der Waals surface area contributed by atoms with Crippen molar-refractivity contribution >= 4 is 5.78 Å². The molecule has 1 atom stereocenters. The zero-order valence-corrected chi connectivity index (χ0v) is 11.0. The molecule has 0 bridgehead atoms. The number of ether oxygens (including phenoxy) is 1. The number of aryl methyl sites for hydroxylation is 1. The van der Waals surface area contributed by atoms with Crippen molar-refractivity contribution in [2.75, 3.05) is 7.11 Å². The maximum absolute atomic E-state index is 12.0. The van der Waals surface area contributed by atoms with Gasteiger partial charge in [-0.1, -0.05) is 20.8 Å². The van der Waals surface area contributed by atoms with Crippen molar-refractivity contribution in [3.63, 3.8) is 0 Å². The summed E-state index contributed by atoms with van der Waals surface area (Å²) in [5, 5.41) is 4.10. The van der Waals surface area contributed by atoms with Gasteiger partial charge >= 0.3 is 0 Å². The first-order valence-corrected chi connectivity index (χ1v) is 6.02. The fourth-order valence-electron chi connectivity index (χ4n) is 1.86. The van der Waals surface area contributed by atoms with Crippen LogP contribution in [0.1, 0.15) is 33.0 Å². The fraction of sp³-hybridized carbons (Fsp3) is 0.750. The van der Waals surface area contributed by atoms with Crippen LogP contribution in [0.3, 0.4) is 0 Å². The lowest BCUT2D eigenvalue weighted by atomic mass is 10.0. The van der Waals surface area contributed by atoms with Crippen LogP contribution in [0.5, 0.6) is 0 Å². The Morgan fingerprint density at radius 1 is 1.53 bits per heavy atom. The van der Waals surface area contributed by atoms with Crippen LogP contribution in [0, 0.1) is 5.92 Å². The van der Waals surface area contributed by atoms with E-state index < -0.39 is 0 Å². The van der Waals surface area contributed by atoms with Gasteiger partial charge in [0.05, 0.1) is 6.42 Å². The van der Waals surface area contributed by atoms with Crippen LogP contribution < -0.4 is 0 Å². The third kappa shape index (κ3) is 3.63. The van der Waals surface area contributed by atoms with Gasteiger partial charge in [0.15, 0.2) is 5.78 Å². The molecule has 1 aromatic rings. The van der Waals surface area contributed by atoms with Crippen molar-refractivity contribution in [2.24, 2.45) is 5.92 Å². The SMILES string of the molecule is CCCn1ncnc1CC(=O)C(OC)C(C)C. The van der Waals surface area contributed by atoms with Gasteiger partial charge in [-0.25, -0.2) is 9.67 Å². The molecule has 0 aliphatic heterocycles. The van der Waals surface area contributed by atoms with Gasteiger partial charge in [-0.05, 0) is 12.3 Å². The van der Waals surface area contributed by atoms with Crippen LogP contribution in [0.2, 0.25) is 0 Å². The van der Waals surface area contributed by atoms with Crippen LogP contribution in [-0.4, -0.2) is 33.8 Å². The van der Waals surface area contributed by atoms with E-state index in [2.05, 4.69) is 17.0 Å². The van der Waals surface area contributed by atoms with E-state index in [1.165, 1.54) is 6.33 Å². The van der Waals surface area contributed by atoms with Crippen molar-refractivity contribution in [3.8, 4) is 0 Å². The summed E-state index contributed by atoms with van der Waals surface area (Å²) in [6, 6.07) is 0. The number of methoxy groups -OCH3 is 1. The molecule has 1 rings (SSSR count). The summed E-state index contributed by atoms with van der Waals surface area (Å²) in [5.74, 6) is 0.961. The molecule has 5 nitrogen and oxygen atoms in total. The Morgan fingerprint density at radius 3 is 2.76 bits per heavy atom. The molecular weight excluding hydrogens is 218 g/mol. The van der Waals surface area contributed by atoms with Gasteiger partial charge in [0, 0.05) is 13.7 Å². The number of rotatable bonds is 7. The minimum absolute atomic E-state index is 0.0628. The Hall–Kier alpha value is -1.23. The zero-order chi connectivity index (χ0) is 12.8. The largest absolute Gasteiger partial charge is 0.373 e. The molecule has 0 spiro atoms. The first-order chi connectivity index (χ1) is 8.10. The molecule has 0 aliphatic carbocycles. The van der Waals surface area contributed by atoms with Gasteiger partial charge < -0.3 is 4.74 Å². The molecule has 1 heterocycles. The lowest BCUT2D eigenvalue weighted by molar-refractivity contribution is -0.130. The summed E-state index contributed by atoms with van der Waals surface area (Å²) in [7, 11) is 1.57. The topological polar surface area (TPSA) is 57.0 Å². The highest BCUT2D eigenvalue weighted by Gasteiger charge is 2.23. The maximum atomic E-state index is 12.0. The molecule has 5 heteroatoms. The number of nitrogens with zero attached hydrogens (tertiary/aromatic N) is 3. The van der Waals surface area contributed by atoms with E-state index in [-0.39, 0.29) is 24.2 Å². The molecule has 0 amide bonds. The van der Waals surface area contributed by atoms with Crippen LogP contribution in [-0.2, 0) is 22.5 Å². The first kappa shape index (κ1) is 13.8. The number of hydrogen-bond donors (Lipinski definition) is 0. The Kier molecular flexibility index (Phi) is 5.28. The molecular formula is C12H21N3O2. The lowest BCUT2D eigenvalue weighted by Crippen LogP contribution is -2.30. The summed E-state index contributed by atoms with van der Waals surface area (Å²) in [6.07, 6.45) is 2.40. The fourth-order valence-corrected chi connectivity index (χ4v) is 1.86. The van der Waals surface area contributed by atoms with Crippen LogP contribution in [0.15, 0.2) is 6.33 Å². The van der Waals surface area contributed by atoms with Gasteiger partial charge in [-0.15, -0.1) is 0 Å². The van der Waals surface area contributed by atoms with Crippen molar-refractivity contribution in [3.05, 3.63) is 12.2 Å². The predicted octanol–water partition coefficient (Wildman–Crippen LogP) is 1.47. The predicted molar refractivity (Wildman–Crippen MR) is 64.7 cm³/mol. The highest BCUT2D eigenvalue weighted by Crippen LogP contribution is 2.10. The second-order valence-electron chi connectivity index (χ2n) is 4.44. The van der Waals surface area contributed by atoms with Crippen molar-refractivity contribution in [1.82, 2.24) is 14.8 Å². The molecule has 96 valence electrons. The van der Waals surface area contributed by atoms with E-state index in [0.717, 1.165) is 18.8 Å². The van der Waals surface area contributed by atoms with E-state index in [1.54, 1.807) is 11.8 Å². The Morgan fingerprint density at radius 2 is 2.24 bits per heavy atom. The molecule has 0 saturated heterocycles. The molecule has 0 saturated carbocycles. The Labute approximate surface area is 102 Å². The van der Waals surface area contributed by atoms with Gasteiger partial charge in [0.2, 0.25) is 0 Å². The van der Waals surface area contributed by atoms with E-state index in [1.807, 2.05) is 13.8 Å². The summed E-state index contributed by atoms with van der Waals surface area (Å²) >= 11 is 0. The minimum Gasteiger partial charge on any atom is -0.373 e. The van der Waals surface area contributed by atoms with E-state index in [9.17, 15) is 4.79 Å². The zero-order valence-electron chi connectivity index (χ0n) is 11.0. The smallest absolute Gasteiger partial charge is 0.169 e. The number of Topliss-reactive ketones (excluding diaryl/α,β-unsaturated/α-hetero) is 1. The third-order valence-electron chi connectivity index (χ3n) is 2.64. The lowest BCUT2D eigenvalue weighted by Gasteiger charge is -2.17. The molecule has 0 aliphatic rings. The van der Waals surface area contributed by atoms with Crippen LogP contribution >= 0.6 is 0 Å². The molecule has 1 aromatic heterocycles. The average molecular weight is 239 g/mol. The number of carbonyl (C=O) groups excluding carboxylic acids is 1. The summed E-state index contributed by atoms with van der Waals surface area (Å²) in [6.45, 7) is 6.81. The van der Waals surface area contributed by atoms with Gasteiger partial charge in [-0.2, -0.15) is 5.10 Å². The number of aromatic nitrogens is 3. The average Bonchev–Trinajstić information content (AvgIpc) is 2.66. The number of hydrogen-bond acceptors (Lipinski definition) is 4. The van der Waals surface area contributed by atoms with Gasteiger partial charge in [-0.3, -0.25) is 4.79 Å². The third-order valence-corrected chi connectivity index (χ3v) is 2.64. The monoisotopic (exact) mass is 239 g/mol. The molecule has 0 N–H and O–H groups in total. The van der Waals surface area contributed by atoms with Crippen molar-refractivity contribution < 1.29 is 9.53 Å². The second-order valence-corrected chi connectivity index (χ2v) is 4.44. The number of carbonyl (C=O) groups is 1. The summed E-state index contributed by atoms with van der Waals surface area (Å²) < 4.78 is 7.00.